The van der Waals surface area contributed by atoms with Crippen molar-refractivity contribution in [3.63, 3.8) is 0 Å². The minimum Gasteiger partial charge on any atom is -0.508 e. The number of amides is 4. The quantitative estimate of drug-likeness (QED) is 0.213. The fourth-order valence-corrected chi connectivity index (χ4v) is 3.71. The Morgan fingerprint density at radius 1 is 1.18 bits per heavy atom. The van der Waals surface area contributed by atoms with E-state index >= 15 is 0 Å². The highest BCUT2D eigenvalue weighted by molar-refractivity contribution is 6.08. The molecule has 0 bridgehead atoms. The maximum absolute atomic E-state index is 13.5. The number of benzene rings is 2. The molecule has 0 aliphatic carbocycles. The van der Waals surface area contributed by atoms with Gasteiger partial charge in [0.2, 0.25) is 5.91 Å². The fraction of sp³-hybridized carbons (Fsp3) is 0.227. The molecule has 1 fully saturated rings. The van der Waals surface area contributed by atoms with Crippen LogP contribution in [0.15, 0.2) is 53.6 Å². The zero-order valence-corrected chi connectivity index (χ0v) is 17.9. The Morgan fingerprint density at radius 3 is 2.30 bits per heavy atom. The number of phenols is 1. The molecule has 2 aromatic carbocycles. The minimum atomic E-state index is -1.51. The first kappa shape index (κ1) is 23.3. The van der Waals surface area contributed by atoms with E-state index in [-0.39, 0.29) is 5.75 Å². The van der Waals surface area contributed by atoms with E-state index in [2.05, 4.69) is 10.4 Å². The van der Waals surface area contributed by atoms with Crippen LogP contribution in [0.5, 0.6) is 5.75 Å². The summed E-state index contributed by atoms with van der Waals surface area (Å²) in [6.07, 6.45) is 0.838. The van der Waals surface area contributed by atoms with E-state index < -0.39 is 41.8 Å². The minimum absolute atomic E-state index is 0.0621. The van der Waals surface area contributed by atoms with E-state index in [4.69, 9.17) is 5.84 Å². The number of carbonyl (C=O) groups is 4. The normalized spacial score (nSPS) is 18.9. The van der Waals surface area contributed by atoms with Crippen LogP contribution in [0.25, 0.3) is 0 Å². The summed E-state index contributed by atoms with van der Waals surface area (Å²) >= 11 is 0. The molecular formula is C22H23N5O6. The number of hydrogen-bond donors (Lipinski definition) is 4. The Kier molecular flexibility index (Phi) is 6.33. The summed E-state index contributed by atoms with van der Waals surface area (Å²) in [6.45, 7) is 2.62. The molecule has 0 aromatic heterocycles. The first-order valence-electron chi connectivity index (χ1n) is 9.89. The highest BCUT2D eigenvalue weighted by atomic mass is 16.4. The van der Waals surface area contributed by atoms with Crippen LogP contribution in [0.4, 0.5) is 4.79 Å². The Bertz CT molecular complexity index is 1120. The van der Waals surface area contributed by atoms with E-state index in [0.717, 1.165) is 11.9 Å². The highest BCUT2D eigenvalue weighted by Gasteiger charge is 2.53. The van der Waals surface area contributed by atoms with Gasteiger partial charge in [0, 0.05) is 6.92 Å². The number of carboxylic acids is 1. The van der Waals surface area contributed by atoms with Gasteiger partial charge < -0.3 is 21.4 Å². The van der Waals surface area contributed by atoms with Gasteiger partial charge in [-0.15, -0.1) is 0 Å². The third-order valence-corrected chi connectivity index (χ3v) is 5.36. The largest absolute Gasteiger partial charge is 0.508 e. The van der Waals surface area contributed by atoms with Crippen molar-refractivity contribution >= 4 is 30.0 Å². The summed E-state index contributed by atoms with van der Waals surface area (Å²) in [6, 6.07) is 9.99. The van der Waals surface area contributed by atoms with E-state index in [1.165, 1.54) is 37.4 Å². The van der Waals surface area contributed by atoms with E-state index in [0.29, 0.717) is 21.7 Å². The predicted molar refractivity (Wildman–Crippen MR) is 117 cm³/mol. The van der Waals surface area contributed by atoms with Crippen LogP contribution in [-0.2, 0) is 19.9 Å². The van der Waals surface area contributed by atoms with Crippen molar-refractivity contribution in [2.24, 2.45) is 10.9 Å². The number of hydrogen-bond acceptors (Lipinski definition) is 7. The summed E-state index contributed by atoms with van der Waals surface area (Å²) < 4.78 is 0. The summed E-state index contributed by atoms with van der Waals surface area (Å²) in [5.41, 5.74) is -0.0607. The molecule has 5 N–H and O–H groups in total. The molecular weight excluding hydrogens is 430 g/mol. The second-order valence-corrected chi connectivity index (χ2v) is 7.64. The number of urea groups is 1. The van der Waals surface area contributed by atoms with Crippen LogP contribution in [0.3, 0.4) is 0 Å². The molecule has 0 spiro atoms. The Labute approximate surface area is 189 Å². The van der Waals surface area contributed by atoms with Crippen LogP contribution in [0.1, 0.15) is 43.0 Å². The molecule has 3 rings (SSSR count). The molecule has 11 heteroatoms. The van der Waals surface area contributed by atoms with E-state index in [1.807, 2.05) is 0 Å². The van der Waals surface area contributed by atoms with Gasteiger partial charge in [0.25, 0.3) is 5.91 Å². The fourth-order valence-electron chi connectivity index (χ4n) is 3.71. The van der Waals surface area contributed by atoms with Crippen molar-refractivity contribution < 1.29 is 29.4 Å². The van der Waals surface area contributed by atoms with Crippen LogP contribution in [0, 0.1) is 0 Å². The lowest BCUT2D eigenvalue weighted by Crippen LogP contribution is -2.52. The molecule has 33 heavy (non-hydrogen) atoms. The molecule has 0 saturated carbocycles. The van der Waals surface area contributed by atoms with Crippen molar-refractivity contribution in [3.8, 4) is 5.75 Å². The van der Waals surface area contributed by atoms with E-state index in [1.54, 1.807) is 24.3 Å². The van der Waals surface area contributed by atoms with Gasteiger partial charge in [-0.25, -0.2) is 9.80 Å². The monoisotopic (exact) mass is 453 g/mol. The number of aromatic hydroxyl groups is 1. The average Bonchev–Trinajstić information content (AvgIpc) is 2.98. The first-order valence-corrected chi connectivity index (χ1v) is 9.89. The number of rotatable bonds is 7. The molecule has 1 heterocycles. The lowest BCUT2D eigenvalue weighted by Gasteiger charge is -2.35. The van der Waals surface area contributed by atoms with Gasteiger partial charge in [0.1, 0.15) is 11.3 Å². The van der Waals surface area contributed by atoms with Crippen molar-refractivity contribution in [2.75, 3.05) is 0 Å². The number of nitrogens with one attached hydrogen (secondary N) is 1. The lowest BCUT2D eigenvalue weighted by atomic mass is 9.91. The molecule has 1 aliphatic heterocycles. The van der Waals surface area contributed by atoms with Crippen molar-refractivity contribution in [2.45, 2.75) is 31.8 Å². The molecule has 2 atom stereocenters. The van der Waals surface area contributed by atoms with Gasteiger partial charge in [-0.1, -0.05) is 36.4 Å². The molecule has 1 saturated heterocycles. The van der Waals surface area contributed by atoms with Gasteiger partial charge in [-0.3, -0.25) is 14.4 Å². The smallest absolute Gasteiger partial charge is 0.344 e. The Morgan fingerprint density at radius 2 is 1.79 bits per heavy atom. The number of carboxylic acid groups (broad SMARTS) is 1. The number of imide groups is 1. The van der Waals surface area contributed by atoms with Gasteiger partial charge in [0.05, 0.1) is 18.7 Å². The zero-order valence-electron chi connectivity index (χ0n) is 17.9. The maximum Gasteiger partial charge on any atom is 0.344 e. The van der Waals surface area contributed by atoms with E-state index in [9.17, 15) is 29.4 Å². The predicted octanol–water partition coefficient (Wildman–Crippen LogP) is 1.43. The summed E-state index contributed by atoms with van der Waals surface area (Å²) in [5.74, 6) is 2.37. The number of carbonyl (C=O) groups excluding carboxylic acids is 3. The second-order valence-electron chi connectivity index (χ2n) is 7.64. The molecule has 0 unspecified atom stereocenters. The second kappa shape index (κ2) is 8.99. The number of hydrazone groups is 1. The van der Waals surface area contributed by atoms with Gasteiger partial charge in [0.15, 0.2) is 0 Å². The van der Waals surface area contributed by atoms with Gasteiger partial charge >= 0.3 is 12.0 Å². The number of nitrogens with zero attached hydrogens (tertiary/aromatic N) is 3. The Hall–Kier alpha value is -4.41. The lowest BCUT2D eigenvalue weighted by molar-refractivity contribution is -0.162. The van der Waals surface area contributed by atoms with Crippen molar-refractivity contribution in [1.82, 2.24) is 15.3 Å². The molecule has 1 aliphatic rings. The zero-order chi connectivity index (χ0) is 24.3. The number of hydrazine groups is 1. The molecule has 0 radical (unpaired) electrons. The first-order chi connectivity index (χ1) is 15.6. The van der Waals surface area contributed by atoms with Crippen LogP contribution < -0.4 is 11.2 Å². The third-order valence-electron chi connectivity index (χ3n) is 5.36. The number of nitrogens with two attached hydrogens (primary N) is 1. The van der Waals surface area contributed by atoms with Crippen LogP contribution in [0.2, 0.25) is 0 Å². The maximum atomic E-state index is 13.5. The standard InChI is InChI=1S/C22H23N5O6/c1-13(28)26(18(11-19(30)31)15-5-9-17(29)10-6-15)27-20(32)22(2,25-21(27)33)16-7-3-14(4-8-16)12-24-23/h3-10,12,18,29H,11,23H2,1-2H3,(H,25,33)(H,30,31)/t18-,22-/m1/s1. The van der Waals surface area contributed by atoms with Crippen molar-refractivity contribution in [3.05, 3.63) is 65.2 Å². The number of aliphatic carboxylic acids is 1. The highest BCUT2D eigenvalue weighted by Crippen LogP contribution is 2.35. The molecule has 4 amide bonds. The van der Waals surface area contributed by atoms with Crippen molar-refractivity contribution in [1.29, 1.82) is 0 Å². The topological polar surface area (TPSA) is 166 Å². The molecule has 172 valence electrons. The summed E-state index contributed by atoms with van der Waals surface area (Å²) in [5, 5.41) is 26.5. The third kappa shape index (κ3) is 4.47. The average molecular weight is 453 g/mol. The SMILES string of the molecule is CC(=O)N([C@H](CC(=O)O)c1ccc(O)cc1)N1C(=O)N[C@](C)(c2ccc(C=NN)cc2)C1=O. The van der Waals surface area contributed by atoms with Crippen LogP contribution in [-0.4, -0.2) is 50.3 Å². The summed E-state index contributed by atoms with van der Waals surface area (Å²) in [4.78, 5) is 50.6. The summed E-state index contributed by atoms with van der Waals surface area (Å²) in [7, 11) is 0. The molecule has 11 nitrogen and oxygen atoms in total. The molecule has 2 aromatic rings. The van der Waals surface area contributed by atoms with Crippen LogP contribution >= 0.6 is 0 Å². The van der Waals surface area contributed by atoms with Gasteiger partial charge in [-0.05, 0) is 35.7 Å². The Balaban J connectivity index is 2.03. The van der Waals surface area contributed by atoms with Gasteiger partial charge in [-0.2, -0.15) is 10.1 Å². The number of phenolic OH excluding ortho intramolecular Hbond substituents is 1.